The molecule has 0 atom stereocenters. The van der Waals surface area contributed by atoms with E-state index in [-0.39, 0.29) is 11.7 Å². The quantitative estimate of drug-likeness (QED) is 0.383. The molecule has 0 radical (unpaired) electrons. The third kappa shape index (κ3) is 5.83. The van der Waals surface area contributed by atoms with Crippen molar-refractivity contribution in [2.45, 2.75) is 32.3 Å². The van der Waals surface area contributed by atoms with E-state index in [0.717, 1.165) is 23.4 Å². The average molecular weight is 328 g/mol. The van der Waals surface area contributed by atoms with Crippen molar-refractivity contribution < 1.29 is 4.79 Å². The maximum absolute atomic E-state index is 11.8. The Morgan fingerprint density at radius 1 is 1.22 bits per heavy atom. The zero-order valence-corrected chi connectivity index (χ0v) is 14.4. The van der Waals surface area contributed by atoms with Crippen LogP contribution in [0.15, 0.2) is 40.6 Å². The molecule has 1 N–H and O–H groups in total. The summed E-state index contributed by atoms with van der Waals surface area (Å²) in [4.78, 5) is 20.3. The zero-order chi connectivity index (χ0) is 16.7. The monoisotopic (exact) mass is 328 g/mol. The van der Waals surface area contributed by atoms with E-state index in [9.17, 15) is 4.79 Å². The van der Waals surface area contributed by atoms with Crippen LogP contribution in [0.1, 0.15) is 29.4 Å². The van der Waals surface area contributed by atoms with Gasteiger partial charge in [-0.25, -0.2) is 15.4 Å². The highest BCUT2D eigenvalue weighted by Crippen LogP contribution is 2.13. The Morgan fingerprint density at radius 3 is 2.48 bits per heavy atom. The Kier molecular flexibility index (Phi) is 6.29. The van der Waals surface area contributed by atoms with E-state index in [1.807, 2.05) is 32.0 Å². The lowest BCUT2D eigenvalue weighted by Crippen LogP contribution is -2.19. The van der Waals surface area contributed by atoms with Crippen LogP contribution in [-0.2, 0) is 11.2 Å². The predicted molar refractivity (Wildman–Crippen MR) is 93.8 cm³/mol. The van der Waals surface area contributed by atoms with Crippen molar-refractivity contribution in [3.05, 3.63) is 52.8 Å². The predicted octanol–water partition coefficient (Wildman–Crippen LogP) is 2.90. The summed E-state index contributed by atoms with van der Waals surface area (Å²) >= 11 is 1.30. The second-order valence-electron chi connectivity index (χ2n) is 5.11. The molecule has 0 saturated carbocycles. The second kappa shape index (κ2) is 8.43. The van der Waals surface area contributed by atoms with Crippen LogP contribution >= 0.6 is 11.8 Å². The molecular weight excluding hydrogens is 308 g/mol. The van der Waals surface area contributed by atoms with Crippen molar-refractivity contribution in [2.24, 2.45) is 5.10 Å². The number of hydrogen-bond donors (Lipinski definition) is 1. The van der Waals surface area contributed by atoms with Crippen molar-refractivity contribution in [1.29, 1.82) is 0 Å². The lowest BCUT2D eigenvalue weighted by molar-refractivity contribution is -0.118. The lowest BCUT2D eigenvalue weighted by atomic mass is 10.1. The molecule has 1 heterocycles. The Labute approximate surface area is 140 Å². The summed E-state index contributed by atoms with van der Waals surface area (Å²) in [6.45, 7) is 5.93. The number of carbonyl (C=O) groups is 1. The van der Waals surface area contributed by atoms with Gasteiger partial charge in [0.1, 0.15) is 0 Å². The van der Waals surface area contributed by atoms with E-state index in [2.05, 4.69) is 39.6 Å². The first-order chi connectivity index (χ1) is 11.1. The van der Waals surface area contributed by atoms with Gasteiger partial charge in [-0.3, -0.25) is 4.79 Å². The molecule has 1 aromatic carbocycles. The number of nitrogens with one attached hydrogen (secondary N) is 1. The maximum atomic E-state index is 11.8. The van der Waals surface area contributed by atoms with Gasteiger partial charge in [-0.05, 0) is 37.5 Å². The van der Waals surface area contributed by atoms with Crippen LogP contribution in [0.5, 0.6) is 0 Å². The number of benzene rings is 1. The van der Waals surface area contributed by atoms with Crippen LogP contribution in [0.4, 0.5) is 0 Å². The summed E-state index contributed by atoms with van der Waals surface area (Å²) in [6.07, 6.45) is 2.64. The fraction of sp³-hybridized carbons (Fsp3) is 0.294. The normalized spacial score (nSPS) is 10.9. The fourth-order valence-corrected chi connectivity index (χ4v) is 2.68. The molecule has 6 heteroatoms. The maximum Gasteiger partial charge on any atom is 0.250 e. The molecule has 0 aliphatic rings. The molecule has 2 rings (SSSR count). The van der Waals surface area contributed by atoms with E-state index in [1.54, 1.807) is 6.21 Å². The number of hydrogen-bond acceptors (Lipinski definition) is 5. The van der Waals surface area contributed by atoms with Crippen LogP contribution in [0, 0.1) is 13.8 Å². The molecule has 1 aromatic heterocycles. The number of thioether (sulfide) groups is 1. The van der Waals surface area contributed by atoms with Gasteiger partial charge in [0.2, 0.25) is 0 Å². The van der Waals surface area contributed by atoms with Crippen molar-refractivity contribution in [3.63, 3.8) is 0 Å². The van der Waals surface area contributed by atoms with E-state index in [4.69, 9.17) is 0 Å². The van der Waals surface area contributed by atoms with E-state index < -0.39 is 0 Å². The third-order valence-electron chi connectivity index (χ3n) is 3.08. The van der Waals surface area contributed by atoms with Gasteiger partial charge in [0.05, 0.1) is 12.0 Å². The third-order valence-corrected chi connectivity index (χ3v) is 3.93. The minimum absolute atomic E-state index is 0.181. The van der Waals surface area contributed by atoms with Crippen LogP contribution in [0.2, 0.25) is 0 Å². The second-order valence-corrected chi connectivity index (χ2v) is 6.05. The molecule has 0 aliphatic carbocycles. The van der Waals surface area contributed by atoms with Gasteiger partial charge in [0.25, 0.3) is 5.91 Å². The van der Waals surface area contributed by atoms with Gasteiger partial charge < -0.3 is 0 Å². The molecule has 1 amide bonds. The summed E-state index contributed by atoms with van der Waals surface area (Å²) < 4.78 is 0. The van der Waals surface area contributed by atoms with Crippen LogP contribution in [-0.4, -0.2) is 27.8 Å². The summed E-state index contributed by atoms with van der Waals surface area (Å²) in [5.74, 6) is 0.0498. The number of hydrazone groups is 1. The first-order valence-corrected chi connectivity index (χ1v) is 8.41. The highest BCUT2D eigenvalue weighted by molar-refractivity contribution is 7.99. The van der Waals surface area contributed by atoms with E-state index in [0.29, 0.717) is 5.16 Å². The molecule has 2 aromatic rings. The molecule has 0 spiro atoms. The van der Waals surface area contributed by atoms with Gasteiger partial charge in [-0.15, -0.1) is 0 Å². The van der Waals surface area contributed by atoms with Crippen molar-refractivity contribution in [3.8, 4) is 0 Å². The molecule has 0 fully saturated rings. The smallest absolute Gasteiger partial charge is 0.250 e. The fourth-order valence-electron chi connectivity index (χ4n) is 1.94. The number of nitrogens with zero attached hydrogens (tertiary/aromatic N) is 3. The Balaban J connectivity index is 1.81. The van der Waals surface area contributed by atoms with Crippen LogP contribution in [0.25, 0.3) is 0 Å². The van der Waals surface area contributed by atoms with Gasteiger partial charge in [-0.2, -0.15) is 5.10 Å². The first kappa shape index (κ1) is 17.1. The number of aromatic nitrogens is 2. The standard InChI is InChI=1S/C17H20N4OS/c1-4-14-5-7-15(8-6-14)10-18-21-16(22)11-23-17-19-12(2)9-13(3)20-17/h5-10H,4,11H2,1-3H3,(H,21,22)/b18-10+. The minimum Gasteiger partial charge on any atom is -0.272 e. The largest absolute Gasteiger partial charge is 0.272 e. The topological polar surface area (TPSA) is 67.2 Å². The van der Waals surface area contributed by atoms with Gasteiger partial charge in [0, 0.05) is 11.4 Å². The van der Waals surface area contributed by atoms with Gasteiger partial charge in [-0.1, -0.05) is 43.0 Å². The summed E-state index contributed by atoms with van der Waals surface area (Å²) in [5, 5.41) is 4.57. The Bertz CT molecular complexity index is 678. The van der Waals surface area contributed by atoms with Gasteiger partial charge in [0.15, 0.2) is 5.16 Å². The summed E-state index contributed by atoms with van der Waals surface area (Å²) in [6, 6.07) is 9.96. The van der Waals surface area contributed by atoms with E-state index >= 15 is 0 Å². The summed E-state index contributed by atoms with van der Waals surface area (Å²) in [5.41, 5.74) is 6.53. The minimum atomic E-state index is -0.181. The van der Waals surface area contributed by atoms with Crippen molar-refractivity contribution >= 4 is 23.9 Å². The molecule has 5 nitrogen and oxygen atoms in total. The Morgan fingerprint density at radius 2 is 1.87 bits per heavy atom. The van der Waals surface area contributed by atoms with Crippen molar-refractivity contribution in [1.82, 2.24) is 15.4 Å². The van der Waals surface area contributed by atoms with Crippen LogP contribution in [0.3, 0.4) is 0 Å². The summed E-state index contributed by atoms with van der Waals surface area (Å²) in [7, 11) is 0. The highest BCUT2D eigenvalue weighted by Gasteiger charge is 2.05. The molecule has 0 aliphatic heterocycles. The molecule has 0 saturated heterocycles. The average Bonchev–Trinajstić information content (AvgIpc) is 2.53. The molecule has 0 bridgehead atoms. The zero-order valence-electron chi connectivity index (χ0n) is 13.5. The highest BCUT2D eigenvalue weighted by atomic mass is 32.2. The number of carbonyl (C=O) groups excluding carboxylic acids is 1. The number of aryl methyl sites for hydroxylation is 3. The first-order valence-electron chi connectivity index (χ1n) is 7.42. The molecule has 0 unspecified atom stereocenters. The number of amides is 1. The van der Waals surface area contributed by atoms with E-state index in [1.165, 1.54) is 17.3 Å². The van der Waals surface area contributed by atoms with Crippen molar-refractivity contribution in [2.75, 3.05) is 5.75 Å². The molecule has 23 heavy (non-hydrogen) atoms. The van der Waals surface area contributed by atoms with Gasteiger partial charge >= 0.3 is 0 Å². The lowest BCUT2D eigenvalue weighted by Gasteiger charge is -2.02. The van der Waals surface area contributed by atoms with Crippen LogP contribution < -0.4 is 5.43 Å². The molecule has 120 valence electrons. The molecular formula is C17H20N4OS. The number of rotatable bonds is 6. The Hall–Kier alpha value is -2.21. The SMILES string of the molecule is CCc1ccc(/C=N/NC(=O)CSc2nc(C)cc(C)n2)cc1.